The first kappa shape index (κ1) is 18.3. The number of aromatic amines is 1. The molecule has 1 N–H and O–H groups in total. The van der Waals surface area contributed by atoms with Crippen LogP contribution in [0.1, 0.15) is 39.5 Å². The predicted molar refractivity (Wildman–Crippen MR) is 104 cm³/mol. The lowest BCUT2D eigenvalue weighted by Crippen LogP contribution is -2.46. The average molecular weight is 364 g/mol. The van der Waals surface area contributed by atoms with Gasteiger partial charge < -0.3 is 9.88 Å². The smallest absolute Gasteiger partial charge is 0.142 e. The summed E-state index contributed by atoms with van der Waals surface area (Å²) in [5.41, 5.74) is 0.875. The van der Waals surface area contributed by atoms with E-state index in [0.29, 0.717) is 18.0 Å². The number of H-pyrrole nitrogens is 1. The molecule has 0 aromatic carbocycles. The number of nitrogens with one attached hydrogen (secondary N) is 1. The number of rotatable bonds is 8. The first-order valence-electron chi connectivity index (χ1n) is 9.13. The van der Waals surface area contributed by atoms with Crippen molar-refractivity contribution in [1.82, 2.24) is 19.3 Å². The maximum atomic E-state index is 12.5. The van der Waals surface area contributed by atoms with Crippen molar-refractivity contribution in [2.75, 3.05) is 24.7 Å². The van der Waals surface area contributed by atoms with E-state index < -0.39 is 11.0 Å². The van der Waals surface area contributed by atoms with Crippen LogP contribution in [-0.4, -0.2) is 55.4 Å². The topological polar surface area (TPSA) is 65.1 Å². The fraction of sp³-hybridized carbons (Fsp3) is 0.667. The van der Waals surface area contributed by atoms with Crippen molar-refractivity contribution in [3.05, 3.63) is 18.6 Å². The van der Waals surface area contributed by atoms with Gasteiger partial charge in [0.25, 0.3) is 0 Å². The Bertz CT molecular complexity index is 727. The molecule has 138 valence electrons. The second kappa shape index (κ2) is 7.83. The fourth-order valence-electron chi connectivity index (χ4n) is 3.59. The summed E-state index contributed by atoms with van der Waals surface area (Å²) >= 11 is 0. The summed E-state index contributed by atoms with van der Waals surface area (Å²) < 4.78 is 14.6. The van der Waals surface area contributed by atoms with Crippen molar-refractivity contribution in [3.8, 4) is 0 Å². The lowest BCUT2D eigenvalue weighted by atomic mass is 9.81. The van der Waals surface area contributed by atoms with E-state index >= 15 is 0 Å². The summed E-state index contributed by atoms with van der Waals surface area (Å²) in [7, 11) is 3.21. The highest BCUT2D eigenvalue weighted by Gasteiger charge is 2.35. The van der Waals surface area contributed by atoms with Gasteiger partial charge in [0, 0.05) is 38.1 Å². The maximum absolute atomic E-state index is 12.5. The van der Waals surface area contributed by atoms with Gasteiger partial charge in [0.05, 0.1) is 16.4 Å². The molecule has 2 heterocycles. The number of hydrogen-bond donors (Lipinski definition) is 1. The summed E-state index contributed by atoms with van der Waals surface area (Å²) in [5, 5.41) is 1.06. The summed E-state index contributed by atoms with van der Waals surface area (Å²) in [6, 6.07) is 2.87. The van der Waals surface area contributed by atoms with E-state index in [-0.39, 0.29) is 0 Å². The SMILES string of the molecule is CCCC(C)N(C)S(=O)CC1CC(N(C)c2ncnc3[nH]ccc23)C1. The van der Waals surface area contributed by atoms with E-state index in [1.807, 2.05) is 23.6 Å². The first-order valence-corrected chi connectivity index (χ1v) is 10.4. The largest absolute Gasteiger partial charge is 0.356 e. The van der Waals surface area contributed by atoms with Crippen LogP contribution in [0.5, 0.6) is 0 Å². The highest BCUT2D eigenvalue weighted by atomic mass is 32.2. The zero-order valence-corrected chi connectivity index (χ0v) is 16.4. The van der Waals surface area contributed by atoms with Crippen molar-refractivity contribution >= 4 is 27.8 Å². The van der Waals surface area contributed by atoms with Gasteiger partial charge in [0.2, 0.25) is 0 Å². The Morgan fingerprint density at radius 1 is 1.36 bits per heavy atom. The molecule has 0 amide bonds. The minimum absolute atomic E-state index is 0.382. The molecule has 0 aliphatic heterocycles. The molecule has 2 aromatic rings. The molecule has 0 spiro atoms. The third-order valence-corrected chi connectivity index (χ3v) is 7.21. The molecule has 1 saturated carbocycles. The number of anilines is 1. The van der Waals surface area contributed by atoms with Gasteiger partial charge in [-0.05, 0) is 38.2 Å². The molecular weight excluding hydrogens is 334 g/mol. The van der Waals surface area contributed by atoms with E-state index in [2.05, 4.69) is 40.7 Å². The minimum Gasteiger partial charge on any atom is -0.356 e. The Balaban J connectivity index is 1.54. The monoisotopic (exact) mass is 363 g/mol. The Hall–Kier alpha value is -1.47. The Morgan fingerprint density at radius 3 is 2.84 bits per heavy atom. The number of fused-ring (bicyclic) bond motifs is 1. The average Bonchev–Trinajstić information content (AvgIpc) is 3.05. The molecule has 6 nitrogen and oxygen atoms in total. The lowest BCUT2D eigenvalue weighted by Gasteiger charge is -2.42. The molecule has 2 atom stereocenters. The molecule has 2 aromatic heterocycles. The van der Waals surface area contributed by atoms with Gasteiger partial charge in [-0.25, -0.2) is 18.5 Å². The molecular formula is C18H29N5OS. The van der Waals surface area contributed by atoms with Gasteiger partial charge in [-0.1, -0.05) is 13.3 Å². The van der Waals surface area contributed by atoms with Gasteiger partial charge in [-0.2, -0.15) is 0 Å². The summed E-state index contributed by atoms with van der Waals surface area (Å²) in [6.45, 7) is 4.34. The number of nitrogens with zero attached hydrogens (tertiary/aromatic N) is 4. The third kappa shape index (κ3) is 3.87. The fourth-order valence-corrected chi connectivity index (χ4v) is 5.00. The van der Waals surface area contributed by atoms with E-state index in [1.54, 1.807) is 6.33 Å². The van der Waals surface area contributed by atoms with Gasteiger partial charge in [-0.3, -0.25) is 0 Å². The quantitative estimate of drug-likeness (QED) is 0.783. The number of aromatic nitrogens is 3. The van der Waals surface area contributed by atoms with Crippen molar-refractivity contribution in [2.45, 2.75) is 51.6 Å². The van der Waals surface area contributed by atoms with Gasteiger partial charge in [0.15, 0.2) is 0 Å². The third-order valence-electron chi connectivity index (χ3n) is 5.45. The predicted octanol–water partition coefficient (Wildman–Crippen LogP) is 2.96. The van der Waals surface area contributed by atoms with Crippen LogP contribution in [0.25, 0.3) is 11.0 Å². The Kier molecular flexibility index (Phi) is 5.74. The van der Waals surface area contributed by atoms with E-state index in [0.717, 1.165) is 48.3 Å². The van der Waals surface area contributed by atoms with Gasteiger partial charge in [0.1, 0.15) is 17.8 Å². The van der Waals surface area contributed by atoms with E-state index in [1.165, 1.54) is 0 Å². The van der Waals surface area contributed by atoms with E-state index in [9.17, 15) is 4.21 Å². The lowest BCUT2D eigenvalue weighted by molar-refractivity contribution is 0.280. The first-order chi connectivity index (χ1) is 12.0. The second-order valence-electron chi connectivity index (χ2n) is 7.21. The zero-order chi connectivity index (χ0) is 18.0. The minimum atomic E-state index is -0.879. The van der Waals surface area contributed by atoms with E-state index in [4.69, 9.17) is 0 Å². The van der Waals surface area contributed by atoms with Crippen molar-refractivity contribution in [2.24, 2.45) is 5.92 Å². The molecule has 1 aliphatic rings. The normalized spacial score (nSPS) is 22.8. The van der Waals surface area contributed by atoms with Crippen LogP contribution in [0.2, 0.25) is 0 Å². The Labute approximate surface area is 152 Å². The highest BCUT2D eigenvalue weighted by molar-refractivity contribution is 7.82. The van der Waals surface area contributed by atoms with Crippen LogP contribution in [0.3, 0.4) is 0 Å². The molecule has 0 saturated heterocycles. The molecule has 1 fully saturated rings. The second-order valence-corrected chi connectivity index (χ2v) is 8.76. The van der Waals surface area contributed by atoms with Gasteiger partial charge in [-0.15, -0.1) is 0 Å². The Morgan fingerprint density at radius 2 is 2.12 bits per heavy atom. The molecule has 7 heteroatoms. The molecule has 25 heavy (non-hydrogen) atoms. The summed E-state index contributed by atoms with van der Waals surface area (Å²) in [6.07, 6.45) is 7.89. The standard InChI is InChI=1S/C18H29N5OS/c1-5-6-13(2)23(4)25(24)11-14-9-15(10-14)22(3)18-16-7-8-19-17(16)20-12-21-18/h7-8,12-15H,5-6,9-11H2,1-4H3,(H,19,20,21). The molecule has 1 aliphatic carbocycles. The molecule has 2 unspecified atom stereocenters. The summed E-state index contributed by atoms with van der Waals surface area (Å²) in [5.74, 6) is 2.29. The summed E-state index contributed by atoms with van der Waals surface area (Å²) in [4.78, 5) is 14.1. The maximum Gasteiger partial charge on any atom is 0.142 e. The van der Waals surface area contributed by atoms with Gasteiger partial charge >= 0.3 is 0 Å². The van der Waals surface area contributed by atoms with Crippen LogP contribution in [0.15, 0.2) is 18.6 Å². The van der Waals surface area contributed by atoms with Crippen molar-refractivity contribution < 1.29 is 4.21 Å². The van der Waals surface area contributed by atoms with Crippen LogP contribution >= 0.6 is 0 Å². The molecule has 0 bridgehead atoms. The van der Waals surface area contributed by atoms with Crippen molar-refractivity contribution in [1.29, 1.82) is 0 Å². The van der Waals surface area contributed by atoms with Crippen LogP contribution in [-0.2, 0) is 11.0 Å². The van der Waals surface area contributed by atoms with Crippen LogP contribution < -0.4 is 4.90 Å². The van der Waals surface area contributed by atoms with Crippen molar-refractivity contribution in [3.63, 3.8) is 0 Å². The highest BCUT2D eigenvalue weighted by Crippen LogP contribution is 2.35. The zero-order valence-electron chi connectivity index (χ0n) is 15.6. The number of hydrogen-bond acceptors (Lipinski definition) is 4. The molecule has 3 rings (SSSR count). The van der Waals surface area contributed by atoms with Crippen LogP contribution in [0, 0.1) is 5.92 Å². The van der Waals surface area contributed by atoms with Crippen LogP contribution in [0.4, 0.5) is 5.82 Å². The molecule has 0 radical (unpaired) electrons.